The number of aliphatic hydroxyl groups excluding tert-OH is 1. The molecule has 0 aliphatic heterocycles. The van der Waals surface area contributed by atoms with Crippen molar-refractivity contribution in [3.05, 3.63) is 34.1 Å². The van der Waals surface area contributed by atoms with Crippen LogP contribution in [0.3, 0.4) is 0 Å². The van der Waals surface area contributed by atoms with Gasteiger partial charge in [0.15, 0.2) is 0 Å². The summed E-state index contributed by atoms with van der Waals surface area (Å²) >= 11 is 0. The third-order valence-electron chi connectivity index (χ3n) is 3.05. The molecular formula is C11H13FN2O3. The topological polar surface area (TPSA) is 75.4 Å². The van der Waals surface area contributed by atoms with E-state index in [0.717, 1.165) is 18.9 Å². The van der Waals surface area contributed by atoms with Gasteiger partial charge in [-0.05, 0) is 18.9 Å². The lowest BCUT2D eigenvalue weighted by Crippen LogP contribution is -2.19. The molecule has 1 fully saturated rings. The molecule has 92 valence electrons. The minimum absolute atomic E-state index is 0.0808. The Hall–Kier alpha value is -1.69. The second kappa shape index (κ2) is 4.29. The highest BCUT2D eigenvalue weighted by Crippen LogP contribution is 2.45. The molecule has 0 spiro atoms. The lowest BCUT2D eigenvalue weighted by atomic mass is 10.1. The molecule has 0 radical (unpaired) electrons. The molecular weight excluding hydrogens is 227 g/mol. The van der Waals surface area contributed by atoms with Gasteiger partial charge in [0, 0.05) is 23.7 Å². The van der Waals surface area contributed by atoms with Gasteiger partial charge in [-0.15, -0.1) is 0 Å². The molecule has 1 aliphatic carbocycles. The van der Waals surface area contributed by atoms with Crippen molar-refractivity contribution in [1.82, 2.24) is 0 Å². The molecule has 1 saturated carbocycles. The van der Waals surface area contributed by atoms with Crippen molar-refractivity contribution in [3.63, 3.8) is 0 Å². The fourth-order valence-electron chi connectivity index (χ4n) is 1.64. The van der Waals surface area contributed by atoms with Gasteiger partial charge in [-0.1, -0.05) is 0 Å². The van der Waals surface area contributed by atoms with Crippen molar-refractivity contribution in [2.75, 3.05) is 18.5 Å². The number of rotatable bonds is 5. The number of hydrogen-bond acceptors (Lipinski definition) is 4. The largest absolute Gasteiger partial charge is 0.396 e. The SMILES string of the molecule is O=[N+]([O-])c1cc(F)cc(NCC2(CO)CC2)c1. The predicted octanol–water partition coefficient (Wildman–Crippen LogP) is 1.92. The van der Waals surface area contributed by atoms with Crippen molar-refractivity contribution >= 4 is 11.4 Å². The van der Waals surface area contributed by atoms with Gasteiger partial charge in [0.1, 0.15) is 5.82 Å². The van der Waals surface area contributed by atoms with Gasteiger partial charge >= 0.3 is 0 Å². The number of non-ortho nitro benzene ring substituents is 1. The van der Waals surface area contributed by atoms with Crippen molar-refractivity contribution in [2.24, 2.45) is 5.41 Å². The fourth-order valence-corrected chi connectivity index (χ4v) is 1.64. The van der Waals surface area contributed by atoms with E-state index in [1.54, 1.807) is 0 Å². The van der Waals surface area contributed by atoms with Gasteiger partial charge < -0.3 is 10.4 Å². The zero-order valence-electron chi connectivity index (χ0n) is 9.15. The van der Waals surface area contributed by atoms with Gasteiger partial charge in [0.2, 0.25) is 0 Å². The van der Waals surface area contributed by atoms with Gasteiger partial charge in [0.05, 0.1) is 17.6 Å². The van der Waals surface area contributed by atoms with E-state index in [2.05, 4.69) is 5.32 Å². The summed E-state index contributed by atoms with van der Waals surface area (Å²) in [5, 5.41) is 22.6. The summed E-state index contributed by atoms with van der Waals surface area (Å²) in [6.45, 7) is 0.585. The Morgan fingerprint density at radius 2 is 2.18 bits per heavy atom. The molecule has 0 atom stereocenters. The van der Waals surface area contributed by atoms with E-state index < -0.39 is 10.7 Å². The number of halogens is 1. The summed E-state index contributed by atoms with van der Waals surface area (Å²) in [5.41, 5.74) is -0.0288. The molecule has 2 N–H and O–H groups in total. The van der Waals surface area contributed by atoms with Crippen LogP contribution < -0.4 is 5.32 Å². The molecule has 0 heterocycles. The first-order valence-electron chi connectivity index (χ1n) is 5.34. The summed E-state index contributed by atoms with van der Waals surface area (Å²) < 4.78 is 13.1. The quantitative estimate of drug-likeness (QED) is 0.609. The zero-order valence-corrected chi connectivity index (χ0v) is 9.15. The predicted molar refractivity (Wildman–Crippen MR) is 60.3 cm³/mol. The van der Waals surface area contributed by atoms with Crippen LogP contribution in [0.4, 0.5) is 15.8 Å². The Morgan fingerprint density at radius 3 is 2.71 bits per heavy atom. The maximum Gasteiger partial charge on any atom is 0.274 e. The lowest BCUT2D eigenvalue weighted by molar-refractivity contribution is -0.385. The zero-order chi connectivity index (χ0) is 12.5. The number of nitrogens with zero attached hydrogens (tertiary/aromatic N) is 1. The second-order valence-corrected chi connectivity index (χ2v) is 4.47. The molecule has 2 rings (SSSR count). The van der Waals surface area contributed by atoms with E-state index >= 15 is 0 Å². The molecule has 0 amide bonds. The highest BCUT2D eigenvalue weighted by Gasteiger charge is 2.41. The number of nitro groups is 1. The normalized spacial score (nSPS) is 16.6. The van der Waals surface area contributed by atoms with E-state index in [-0.39, 0.29) is 17.7 Å². The van der Waals surface area contributed by atoms with Crippen LogP contribution in [0.1, 0.15) is 12.8 Å². The Bertz CT molecular complexity index is 446. The first kappa shape index (κ1) is 11.8. The van der Waals surface area contributed by atoms with Crippen LogP contribution in [-0.4, -0.2) is 23.2 Å². The maximum atomic E-state index is 13.1. The maximum absolute atomic E-state index is 13.1. The summed E-state index contributed by atoms with van der Waals surface area (Å²) in [6, 6.07) is 3.38. The molecule has 5 nitrogen and oxygen atoms in total. The summed E-state index contributed by atoms with van der Waals surface area (Å²) in [5.74, 6) is -0.643. The van der Waals surface area contributed by atoms with E-state index in [4.69, 9.17) is 5.11 Å². The molecule has 1 aromatic rings. The molecule has 0 aromatic heterocycles. The van der Waals surface area contributed by atoms with Gasteiger partial charge in [-0.2, -0.15) is 0 Å². The van der Waals surface area contributed by atoms with Crippen LogP contribution in [0, 0.1) is 21.3 Å². The summed E-state index contributed by atoms with van der Waals surface area (Å²) in [7, 11) is 0. The van der Waals surface area contributed by atoms with Crippen LogP contribution in [0.25, 0.3) is 0 Å². The Kier molecular flexibility index (Phi) is 2.97. The molecule has 6 heteroatoms. The van der Waals surface area contributed by atoms with Crippen LogP contribution >= 0.6 is 0 Å². The molecule has 1 aliphatic rings. The Labute approximate surface area is 97.4 Å². The number of nitro benzene ring substituents is 1. The Morgan fingerprint density at radius 1 is 1.47 bits per heavy atom. The van der Waals surface area contributed by atoms with Gasteiger partial charge in [0.25, 0.3) is 5.69 Å². The fraction of sp³-hybridized carbons (Fsp3) is 0.455. The number of hydrogen-bond donors (Lipinski definition) is 2. The third kappa shape index (κ3) is 2.71. The first-order chi connectivity index (χ1) is 8.04. The summed E-state index contributed by atoms with van der Waals surface area (Å²) in [6.07, 6.45) is 1.85. The van der Waals surface area contributed by atoms with Gasteiger partial charge in [-0.25, -0.2) is 4.39 Å². The minimum atomic E-state index is -0.643. The van der Waals surface area contributed by atoms with E-state index in [1.165, 1.54) is 12.1 Å². The monoisotopic (exact) mass is 240 g/mol. The molecule has 0 unspecified atom stereocenters. The van der Waals surface area contributed by atoms with Gasteiger partial charge in [-0.3, -0.25) is 10.1 Å². The van der Waals surface area contributed by atoms with Crippen molar-refractivity contribution in [1.29, 1.82) is 0 Å². The Balaban J connectivity index is 2.07. The van der Waals surface area contributed by atoms with Crippen LogP contribution in [0.5, 0.6) is 0 Å². The third-order valence-corrected chi connectivity index (χ3v) is 3.05. The van der Waals surface area contributed by atoms with Crippen molar-refractivity contribution < 1.29 is 14.4 Å². The number of nitrogens with one attached hydrogen (secondary N) is 1. The average molecular weight is 240 g/mol. The van der Waals surface area contributed by atoms with Crippen molar-refractivity contribution in [3.8, 4) is 0 Å². The van der Waals surface area contributed by atoms with E-state index in [0.29, 0.717) is 12.2 Å². The first-order valence-corrected chi connectivity index (χ1v) is 5.34. The van der Waals surface area contributed by atoms with Crippen LogP contribution in [0.15, 0.2) is 18.2 Å². The molecule has 1 aromatic carbocycles. The lowest BCUT2D eigenvalue weighted by Gasteiger charge is -2.13. The average Bonchev–Trinajstić information content (AvgIpc) is 3.06. The highest BCUT2D eigenvalue weighted by atomic mass is 19.1. The van der Waals surface area contributed by atoms with Crippen molar-refractivity contribution in [2.45, 2.75) is 12.8 Å². The highest BCUT2D eigenvalue weighted by molar-refractivity contribution is 5.51. The standard InChI is InChI=1S/C11H13FN2O3/c12-8-3-9(5-10(4-8)14(16)17)13-6-11(7-15)1-2-11/h3-5,13,15H,1-2,6-7H2. The number of benzene rings is 1. The van der Waals surface area contributed by atoms with E-state index in [9.17, 15) is 14.5 Å². The van der Waals surface area contributed by atoms with Crippen LogP contribution in [-0.2, 0) is 0 Å². The molecule has 0 bridgehead atoms. The minimum Gasteiger partial charge on any atom is -0.396 e. The van der Waals surface area contributed by atoms with E-state index in [1.807, 2.05) is 0 Å². The second-order valence-electron chi connectivity index (χ2n) is 4.47. The molecule has 0 saturated heterocycles. The number of aliphatic hydroxyl groups is 1. The number of anilines is 1. The van der Waals surface area contributed by atoms with Crippen LogP contribution in [0.2, 0.25) is 0 Å². The smallest absolute Gasteiger partial charge is 0.274 e. The summed E-state index contributed by atoms with van der Waals surface area (Å²) in [4.78, 5) is 9.91. The molecule has 17 heavy (non-hydrogen) atoms.